The van der Waals surface area contributed by atoms with Crippen LogP contribution in [0.25, 0.3) is 5.65 Å². The first-order chi connectivity index (χ1) is 15.6. The number of pyridine rings is 1. The zero-order valence-corrected chi connectivity index (χ0v) is 17.9. The molecule has 0 bridgehead atoms. The third kappa shape index (κ3) is 3.85. The molecule has 0 saturated heterocycles. The molecule has 1 amide bonds. The molecule has 1 aliphatic heterocycles. The molecular formula is C25H23N3O4. The summed E-state index contributed by atoms with van der Waals surface area (Å²) in [6.07, 6.45) is 3.90. The minimum Gasteiger partial charge on any atom is -0.486 e. The molecule has 0 fully saturated rings. The van der Waals surface area contributed by atoms with Crippen LogP contribution in [0.4, 0.5) is 0 Å². The fraction of sp³-hybridized carbons (Fsp3) is 0.200. The number of aryl methyl sites for hydroxylation is 1. The van der Waals surface area contributed by atoms with E-state index >= 15 is 0 Å². The molecule has 32 heavy (non-hydrogen) atoms. The molecule has 2 aromatic carbocycles. The number of carbonyl (C=O) groups is 1. The van der Waals surface area contributed by atoms with Gasteiger partial charge in [0.05, 0.1) is 11.3 Å². The number of fused-ring (bicyclic) bond motifs is 2. The van der Waals surface area contributed by atoms with Crippen molar-refractivity contribution >= 4 is 11.6 Å². The lowest BCUT2D eigenvalue weighted by Gasteiger charge is -2.19. The number of carbonyl (C=O) groups excluding carboxylic acids is 1. The van der Waals surface area contributed by atoms with Crippen LogP contribution >= 0.6 is 0 Å². The summed E-state index contributed by atoms with van der Waals surface area (Å²) in [5.41, 5.74) is 4.27. The number of nitrogens with zero attached hydrogens (tertiary/aromatic N) is 3. The number of imidazole rings is 1. The minimum absolute atomic E-state index is 0.121. The van der Waals surface area contributed by atoms with Gasteiger partial charge in [0.15, 0.2) is 11.5 Å². The van der Waals surface area contributed by atoms with Gasteiger partial charge in [-0.2, -0.15) is 0 Å². The maximum Gasteiger partial charge on any atom is 0.257 e. The van der Waals surface area contributed by atoms with Gasteiger partial charge in [-0.25, -0.2) is 4.98 Å². The van der Waals surface area contributed by atoms with E-state index in [4.69, 9.17) is 14.2 Å². The highest BCUT2D eigenvalue weighted by Gasteiger charge is 2.19. The molecule has 3 heterocycles. The highest BCUT2D eigenvalue weighted by molar-refractivity contribution is 5.96. The van der Waals surface area contributed by atoms with E-state index in [0.717, 1.165) is 28.2 Å². The van der Waals surface area contributed by atoms with Crippen molar-refractivity contribution in [1.82, 2.24) is 14.3 Å². The van der Waals surface area contributed by atoms with Gasteiger partial charge in [0, 0.05) is 26.0 Å². The summed E-state index contributed by atoms with van der Waals surface area (Å²) in [5, 5.41) is 0. The van der Waals surface area contributed by atoms with Crippen LogP contribution in [-0.2, 0) is 13.2 Å². The highest BCUT2D eigenvalue weighted by atomic mass is 16.7. The summed E-state index contributed by atoms with van der Waals surface area (Å²) >= 11 is 0. The summed E-state index contributed by atoms with van der Waals surface area (Å²) in [4.78, 5) is 19.5. The Balaban J connectivity index is 1.30. The molecule has 2 aromatic heterocycles. The standard InChI is InChI=1S/C25H23N3O4/c1-17-6-5-11-28-14-19(26-24(17)28)15-30-21-8-4-3-7-20(21)25(29)27(2)13-18-9-10-22-23(12-18)32-16-31-22/h3-12,14H,13,15-16H2,1-2H3. The van der Waals surface area contributed by atoms with Crippen molar-refractivity contribution in [2.45, 2.75) is 20.1 Å². The Labute approximate surface area is 185 Å². The second kappa shape index (κ2) is 8.26. The number of para-hydroxylation sites is 1. The summed E-state index contributed by atoms with van der Waals surface area (Å²) in [7, 11) is 1.77. The van der Waals surface area contributed by atoms with Gasteiger partial charge in [0.2, 0.25) is 6.79 Å². The second-order valence-corrected chi connectivity index (χ2v) is 7.79. The number of benzene rings is 2. The highest BCUT2D eigenvalue weighted by Crippen LogP contribution is 2.33. The van der Waals surface area contributed by atoms with Crippen molar-refractivity contribution in [3.05, 3.63) is 89.4 Å². The lowest BCUT2D eigenvalue weighted by Crippen LogP contribution is -2.26. The summed E-state index contributed by atoms with van der Waals surface area (Å²) in [6, 6.07) is 17.0. The van der Waals surface area contributed by atoms with Gasteiger partial charge < -0.3 is 23.5 Å². The first-order valence-electron chi connectivity index (χ1n) is 10.4. The van der Waals surface area contributed by atoms with Crippen molar-refractivity contribution in [2.24, 2.45) is 0 Å². The first kappa shape index (κ1) is 19.9. The van der Waals surface area contributed by atoms with Crippen molar-refractivity contribution in [1.29, 1.82) is 0 Å². The van der Waals surface area contributed by atoms with E-state index in [1.807, 2.05) is 72.2 Å². The monoisotopic (exact) mass is 429 g/mol. The van der Waals surface area contributed by atoms with E-state index in [-0.39, 0.29) is 19.3 Å². The smallest absolute Gasteiger partial charge is 0.257 e. The lowest BCUT2D eigenvalue weighted by atomic mass is 10.1. The lowest BCUT2D eigenvalue weighted by molar-refractivity contribution is 0.0780. The van der Waals surface area contributed by atoms with Crippen LogP contribution in [0.2, 0.25) is 0 Å². The van der Waals surface area contributed by atoms with Crippen LogP contribution in [0.1, 0.15) is 27.2 Å². The van der Waals surface area contributed by atoms with Gasteiger partial charge in [0.25, 0.3) is 5.91 Å². The molecule has 5 rings (SSSR count). The molecule has 4 aromatic rings. The van der Waals surface area contributed by atoms with Gasteiger partial charge in [-0.3, -0.25) is 4.79 Å². The van der Waals surface area contributed by atoms with Gasteiger partial charge in [-0.15, -0.1) is 0 Å². The Hall–Kier alpha value is -4.00. The first-order valence-corrected chi connectivity index (χ1v) is 10.4. The molecule has 0 atom stereocenters. The van der Waals surface area contributed by atoms with Crippen LogP contribution in [-0.4, -0.2) is 34.0 Å². The van der Waals surface area contributed by atoms with E-state index < -0.39 is 0 Å². The minimum atomic E-state index is -0.121. The normalized spacial score (nSPS) is 12.2. The second-order valence-electron chi connectivity index (χ2n) is 7.79. The predicted molar refractivity (Wildman–Crippen MR) is 119 cm³/mol. The Bertz CT molecular complexity index is 1300. The van der Waals surface area contributed by atoms with Crippen LogP contribution in [0, 0.1) is 6.92 Å². The largest absolute Gasteiger partial charge is 0.486 e. The van der Waals surface area contributed by atoms with Crippen molar-refractivity contribution in [3.63, 3.8) is 0 Å². The molecule has 0 saturated carbocycles. The predicted octanol–water partition coefficient (Wildman–Crippen LogP) is 4.22. The number of ether oxygens (including phenoxy) is 3. The van der Waals surface area contributed by atoms with Crippen molar-refractivity contribution < 1.29 is 19.0 Å². The third-order valence-corrected chi connectivity index (χ3v) is 5.42. The molecule has 0 spiro atoms. The van der Waals surface area contributed by atoms with Crippen LogP contribution in [0.5, 0.6) is 17.2 Å². The fourth-order valence-corrected chi connectivity index (χ4v) is 3.79. The number of hydrogen-bond donors (Lipinski definition) is 0. The molecule has 7 nitrogen and oxygen atoms in total. The zero-order chi connectivity index (χ0) is 22.1. The van der Waals surface area contributed by atoms with Gasteiger partial charge in [-0.1, -0.05) is 24.3 Å². The molecule has 1 aliphatic rings. The number of rotatable bonds is 6. The molecular weight excluding hydrogens is 406 g/mol. The quantitative estimate of drug-likeness (QED) is 0.459. The Morgan fingerprint density at radius 3 is 2.84 bits per heavy atom. The maximum absolute atomic E-state index is 13.2. The SMILES string of the molecule is Cc1cccn2cc(COc3ccccc3C(=O)N(C)Cc3ccc4c(c3)OCO4)nc12. The molecule has 162 valence electrons. The molecule has 7 heteroatoms. The van der Waals surface area contributed by atoms with E-state index in [0.29, 0.717) is 23.6 Å². The zero-order valence-electron chi connectivity index (χ0n) is 17.9. The number of amides is 1. The molecule has 0 aliphatic carbocycles. The Kier molecular flexibility index (Phi) is 5.15. The maximum atomic E-state index is 13.2. The Morgan fingerprint density at radius 2 is 1.97 bits per heavy atom. The van der Waals surface area contributed by atoms with E-state index in [1.54, 1.807) is 18.0 Å². The van der Waals surface area contributed by atoms with Crippen LogP contribution < -0.4 is 14.2 Å². The molecule has 0 unspecified atom stereocenters. The van der Waals surface area contributed by atoms with E-state index in [1.165, 1.54) is 0 Å². The van der Waals surface area contributed by atoms with Gasteiger partial charge >= 0.3 is 0 Å². The van der Waals surface area contributed by atoms with E-state index in [9.17, 15) is 4.79 Å². The van der Waals surface area contributed by atoms with Gasteiger partial charge in [-0.05, 0) is 48.4 Å². The topological polar surface area (TPSA) is 65.3 Å². The van der Waals surface area contributed by atoms with Crippen molar-refractivity contribution in [3.8, 4) is 17.2 Å². The average Bonchev–Trinajstić information content (AvgIpc) is 3.44. The van der Waals surface area contributed by atoms with Crippen LogP contribution in [0.15, 0.2) is 67.0 Å². The molecule has 0 N–H and O–H groups in total. The fourth-order valence-electron chi connectivity index (χ4n) is 3.79. The van der Waals surface area contributed by atoms with E-state index in [2.05, 4.69) is 4.98 Å². The summed E-state index contributed by atoms with van der Waals surface area (Å²) in [5.74, 6) is 1.84. The van der Waals surface area contributed by atoms with Crippen molar-refractivity contribution in [2.75, 3.05) is 13.8 Å². The summed E-state index contributed by atoms with van der Waals surface area (Å²) < 4.78 is 18.8. The molecule has 0 radical (unpaired) electrons. The van der Waals surface area contributed by atoms with Crippen LogP contribution in [0.3, 0.4) is 0 Å². The summed E-state index contributed by atoms with van der Waals surface area (Å²) in [6.45, 7) is 2.97. The third-order valence-electron chi connectivity index (χ3n) is 5.42. The number of hydrogen-bond acceptors (Lipinski definition) is 5. The van der Waals surface area contributed by atoms with Gasteiger partial charge in [0.1, 0.15) is 18.0 Å². The number of aromatic nitrogens is 2. The Morgan fingerprint density at radius 1 is 1.12 bits per heavy atom. The average molecular weight is 429 g/mol.